The Morgan fingerprint density at radius 3 is 2.26 bits per heavy atom. The SMILES string of the molecule is NNC(c1cc(F)cc(F)c1)c1cccc(F)c1Cl. The lowest BCUT2D eigenvalue weighted by Crippen LogP contribution is -2.29. The molecule has 0 aromatic heterocycles. The van der Waals surface area contributed by atoms with E-state index in [1.165, 1.54) is 18.2 Å². The average molecular weight is 287 g/mol. The topological polar surface area (TPSA) is 38.0 Å². The Morgan fingerprint density at radius 1 is 1.05 bits per heavy atom. The van der Waals surface area contributed by atoms with Gasteiger partial charge in [0, 0.05) is 6.07 Å². The molecule has 1 unspecified atom stereocenters. The lowest BCUT2D eigenvalue weighted by atomic mass is 9.99. The molecule has 2 aromatic carbocycles. The van der Waals surface area contributed by atoms with E-state index in [0.29, 0.717) is 5.56 Å². The van der Waals surface area contributed by atoms with E-state index in [2.05, 4.69) is 5.43 Å². The molecule has 2 aromatic rings. The molecule has 3 N–H and O–H groups in total. The first-order valence-electron chi connectivity index (χ1n) is 5.39. The predicted octanol–water partition coefficient (Wildman–Crippen LogP) is 3.31. The van der Waals surface area contributed by atoms with Crippen molar-refractivity contribution < 1.29 is 13.2 Å². The minimum atomic E-state index is -0.812. The number of hydrazine groups is 1. The Balaban J connectivity index is 2.53. The molecule has 100 valence electrons. The van der Waals surface area contributed by atoms with Crippen LogP contribution in [0.5, 0.6) is 0 Å². The smallest absolute Gasteiger partial charge is 0.142 e. The fourth-order valence-electron chi connectivity index (χ4n) is 1.85. The molecule has 2 rings (SSSR count). The molecular formula is C13H10ClF3N2. The van der Waals surface area contributed by atoms with Gasteiger partial charge in [0.25, 0.3) is 0 Å². The van der Waals surface area contributed by atoms with Crippen LogP contribution in [0.2, 0.25) is 5.02 Å². The summed E-state index contributed by atoms with van der Waals surface area (Å²) in [6.45, 7) is 0. The van der Waals surface area contributed by atoms with Gasteiger partial charge in [-0.1, -0.05) is 23.7 Å². The summed E-state index contributed by atoms with van der Waals surface area (Å²) in [5.41, 5.74) is 2.89. The first-order valence-corrected chi connectivity index (χ1v) is 5.76. The zero-order valence-corrected chi connectivity index (χ0v) is 10.4. The van der Waals surface area contributed by atoms with E-state index in [-0.39, 0.29) is 10.6 Å². The highest BCUT2D eigenvalue weighted by atomic mass is 35.5. The van der Waals surface area contributed by atoms with Crippen LogP contribution in [-0.4, -0.2) is 0 Å². The number of hydrogen-bond donors (Lipinski definition) is 2. The Hall–Kier alpha value is -1.56. The van der Waals surface area contributed by atoms with Crippen LogP contribution in [0.3, 0.4) is 0 Å². The van der Waals surface area contributed by atoms with Gasteiger partial charge < -0.3 is 0 Å². The summed E-state index contributed by atoms with van der Waals surface area (Å²) in [6, 6.07) is 6.29. The van der Waals surface area contributed by atoms with Gasteiger partial charge in [-0.25, -0.2) is 18.6 Å². The number of hydrogen-bond acceptors (Lipinski definition) is 2. The van der Waals surface area contributed by atoms with Crippen molar-refractivity contribution in [2.75, 3.05) is 0 Å². The van der Waals surface area contributed by atoms with E-state index < -0.39 is 23.5 Å². The summed E-state index contributed by atoms with van der Waals surface area (Å²) < 4.78 is 39.8. The van der Waals surface area contributed by atoms with E-state index in [4.69, 9.17) is 17.4 Å². The molecule has 0 aliphatic rings. The zero-order chi connectivity index (χ0) is 14.0. The molecule has 0 amide bonds. The molecule has 0 saturated carbocycles. The van der Waals surface area contributed by atoms with E-state index in [1.54, 1.807) is 0 Å². The average Bonchev–Trinajstić information content (AvgIpc) is 2.34. The third kappa shape index (κ3) is 2.89. The minimum absolute atomic E-state index is 0.143. The van der Waals surface area contributed by atoms with Crippen LogP contribution >= 0.6 is 11.6 Å². The molecule has 0 bridgehead atoms. The predicted molar refractivity (Wildman–Crippen MR) is 66.9 cm³/mol. The third-order valence-electron chi connectivity index (χ3n) is 2.68. The maximum Gasteiger partial charge on any atom is 0.142 e. The maximum atomic E-state index is 13.4. The third-order valence-corrected chi connectivity index (χ3v) is 3.08. The number of rotatable bonds is 3. The van der Waals surface area contributed by atoms with Crippen LogP contribution in [0.15, 0.2) is 36.4 Å². The Kier molecular flexibility index (Phi) is 4.09. The van der Waals surface area contributed by atoms with E-state index in [1.807, 2.05) is 0 Å². The van der Waals surface area contributed by atoms with Crippen molar-refractivity contribution in [3.05, 3.63) is 70.0 Å². The van der Waals surface area contributed by atoms with Crippen LogP contribution in [-0.2, 0) is 0 Å². The lowest BCUT2D eigenvalue weighted by molar-refractivity contribution is 0.564. The fourth-order valence-corrected chi connectivity index (χ4v) is 2.09. The van der Waals surface area contributed by atoms with Crippen molar-refractivity contribution in [1.29, 1.82) is 0 Å². The normalized spacial score (nSPS) is 12.5. The Morgan fingerprint density at radius 2 is 1.68 bits per heavy atom. The fraction of sp³-hybridized carbons (Fsp3) is 0.0769. The van der Waals surface area contributed by atoms with Crippen LogP contribution in [0.4, 0.5) is 13.2 Å². The van der Waals surface area contributed by atoms with Crippen LogP contribution in [0.1, 0.15) is 17.2 Å². The number of halogens is 4. The Labute approximate surface area is 113 Å². The maximum absolute atomic E-state index is 13.4. The quantitative estimate of drug-likeness (QED) is 0.671. The number of nitrogens with one attached hydrogen (secondary N) is 1. The Bertz CT molecular complexity index is 584. The van der Waals surface area contributed by atoms with Crippen LogP contribution < -0.4 is 11.3 Å². The standard InChI is InChI=1S/C13H10ClF3N2/c14-12-10(2-1-3-11(12)17)13(19-18)7-4-8(15)6-9(16)5-7/h1-6,13,19H,18H2. The summed E-state index contributed by atoms with van der Waals surface area (Å²) in [6.07, 6.45) is 0. The molecule has 0 saturated heterocycles. The minimum Gasteiger partial charge on any atom is -0.271 e. The molecule has 19 heavy (non-hydrogen) atoms. The molecule has 1 atom stereocenters. The first kappa shape index (κ1) is 13.9. The number of nitrogens with two attached hydrogens (primary N) is 1. The van der Waals surface area contributed by atoms with E-state index in [9.17, 15) is 13.2 Å². The van der Waals surface area contributed by atoms with Gasteiger partial charge in [-0.15, -0.1) is 0 Å². The zero-order valence-electron chi connectivity index (χ0n) is 9.63. The molecular weight excluding hydrogens is 277 g/mol. The molecule has 0 spiro atoms. The van der Waals surface area contributed by atoms with E-state index >= 15 is 0 Å². The van der Waals surface area contributed by atoms with Crippen molar-refractivity contribution in [2.45, 2.75) is 6.04 Å². The summed E-state index contributed by atoms with van der Waals surface area (Å²) in [5, 5.41) is -0.143. The molecule has 0 radical (unpaired) electrons. The van der Waals surface area contributed by atoms with Gasteiger partial charge in [0.1, 0.15) is 17.5 Å². The van der Waals surface area contributed by atoms with Gasteiger partial charge >= 0.3 is 0 Å². The van der Waals surface area contributed by atoms with Gasteiger partial charge in [-0.3, -0.25) is 5.84 Å². The van der Waals surface area contributed by atoms with Gasteiger partial charge in [-0.2, -0.15) is 0 Å². The highest BCUT2D eigenvalue weighted by Gasteiger charge is 2.19. The molecule has 0 aliphatic heterocycles. The van der Waals surface area contributed by atoms with Crippen molar-refractivity contribution >= 4 is 11.6 Å². The summed E-state index contributed by atoms with van der Waals surface area (Å²) in [5.74, 6) is 3.26. The van der Waals surface area contributed by atoms with E-state index in [0.717, 1.165) is 18.2 Å². The summed E-state index contributed by atoms with van der Waals surface area (Å²) in [7, 11) is 0. The highest BCUT2D eigenvalue weighted by Crippen LogP contribution is 2.30. The van der Waals surface area contributed by atoms with Crippen molar-refractivity contribution in [1.82, 2.24) is 5.43 Å². The van der Waals surface area contributed by atoms with Crippen LogP contribution in [0, 0.1) is 17.5 Å². The second kappa shape index (κ2) is 5.61. The van der Waals surface area contributed by atoms with Gasteiger partial charge in [0.2, 0.25) is 0 Å². The number of benzene rings is 2. The molecule has 6 heteroatoms. The summed E-state index contributed by atoms with van der Waals surface area (Å²) >= 11 is 5.84. The second-order valence-corrected chi connectivity index (χ2v) is 4.32. The first-order chi connectivity index (χ1) is 9.02. The lowest BCUT2D eigenvalue weighted by Gasteiger charge is -2.18. The largest absolute Gasteiger partial charge is 0.271 e. The van der Waals surface area contributed by atoms with Crippen molar-refractivity contribution in [3.8, 4) is 0 Å². The molecule has 0 aliphatic carbocycles. The monoisotopic (exact) mass is 286 g/mol. The molecule has 0 heterocycles. The van der Waals surface area contributed by atoms with Gasteiger partial charge in [-0.05, 0) is 29.3 Å². The van der Waals surface area contributed by atoms with Gasteiger partial charge in [0.05, 0.1) is 11.1 Å². The van der Waals surface area contributed by atoms with Crippen LogP contribution in [0.25, 0.3) is 0 Å². The highest BCUT2D eigenvalue weighted by molar-refractivity contribution is 6.31. The molecule has 0 fully saturated rings. The molecule has 2 nitrogen and oxygen atoms in total. The second-order valence-electron chi connectivity index (χ2n) is 3.95. The van der Waals surface area contributed by atoms with Gasteiger partial charge in [0.15, 0.2) is 0 Å². The van der Waals surface area contributed by atoms with Crippen molar-refractivity contribution in [2.24, 2.45) is 5.84 Å². The van der Waals surface area contributed by atoms with Crippen molar-refractivity contribution in [3.63, 3.8) is 0 Å². The summed E-state index contributed by atoms with van der Waals surface area (Å²) in [4.78, 5) is 0.